The Morgan fingerprint density at radius 1 is 1.67 bits per heavy atom. The van der Waals surface area contributed by atoms with Gasteiger partial charge in [0, 0.05) is 5.92 Å². The first-order valence-electron chi connectivity index (χ1n) is 5.88. The van der Waals surface area contributed by atoms with Gasteiger partial charge in [-0.05, 0) is 44.6 Å². The lowest BCUT2D eigenvalue weighted by Crippen LogP contribution is -2.35. The van der Waals surface area contributed by atoms with Crippen molar-refractivity contribution >= 4 is 5.78 Å². The molecule has 0 aromatic carbocycles. The van der Waals surface area contributed by atoms with Crippen molar-refractivity contribution in [1.82, 2.24) is 0 Å². The molecule has 0 bridgehead atoms. The van der Waals surface area contributed by atoms with Crippen LogP contribution in [0.15, 0.2) is 23.8 Å². The van der Waals surface area contributed by atoms with E-state index in [-0.39, 0.29) is 17.1 Å². The maximum absolute atomic E-state index is 12.1. The van der Waals surface area contributed by atoms with E-state index < -0.39 is 0 Å². The van der Waals surface area contributed by atoms with Crippen molar-refractivity contribution in [3.05, 3.63) is 23.8 Å². The summed E-state index contributed by atoms with van der Waals surface area (Å²) in [5, 5.41) is 0. The third-order valence-electron chi connectivity index (χ3n) is 3.76. The highest BCUT2D eigenvalue weighted by molar-refractivity contribution is 5.94. The summed E-state index contributed by atoms with van der Waals surface area (Å²) in [6.45, 7) is 8.44. The number of carbonyl (C=O) groups excluding carboxylic acids is 1. The zero-order valence-corrected chi connectivity index (χ0v) is 10.3. The van der Waals surface area contributed by atoms with E-state index >= 15 is 0 Å². The van der Waals surface area contributed by atoms with Gasteiger partial charge in [0.25, 0.3) is 0 Å². The van der Waals surface area contributed by atoms with Crippen LogP contribution in [0, 0.1) is 11.3 Å². The molecule has 1 heteroatoms. The van der Waals surface area contributed by atoms with E-state index in [1.165, 1.54) is 5.57 Å². The van der Waals surface area contributed by atoms with Crippen molar-refractivity contribution in [2.24, 2.45) is 11.3 Å². The molecular weight excluding hydrogens is 184 g/mol. The molecule has 1 aliphatic carbocycles. The van der Waals surface area contributed by atoms with Crippen LogP contribution < -0.4 is 0 Å². The van der Waals surface area contributed by atoms with Crippen molar-refractivity contribution in [3.63, 3.8) is 0 Å². The fourth-order valence-electron chi connectivity index (χ4n) is 2.65. The van der Waals surface area contributed by atoms with Crippen LogP contribution in [-0.2, 0) is 4.79 Å². The Bertz CT molecular complexity index is 298. The molecule has 0 N–H and O–H groups in total. The second kappa shape index (κ2) is 4.78. The normalized spacial score (nSPS) is 31.7. The van der Waals surface area contributed by atoms with Gasteiger partial charge in [-0.15, -0.1) is 0 Å². The predicted octanol–water partition coefficient (Wildman–Crippen LogP) is 3.90. The number of rotatable bonds is 3. The highest BCUT2D eigenvalue weighted by atomic mass is 16.1. The number of hydrogen-bond donors (Lipinski definition) is 0. The smallest absolute Gasteiger partial charge is 0.162 e. The number of ketones is 1. The van der Waals surface area contributed by atoms with Crippen LogP contribution in [0.4, 0.5) is 0 Å². The van der Waals surface area contributed by atoms with Gasteiger partial charge in [0.15, 0.2) is 5.78 Å². The van der Waals surface area contributed by atoms with Gasteiger partial charge in [0.05, 0.1) is 0 Å². The lowest BCUT2D eigenvalue weighted by atomic mass is 9.64. The Kier molecular flexibility index (Phi) is 3.90. The lowest BCUT2D eigenvalue weighted by Gasteiger charge is -2.39. The third-order valence-corrected chi connectivity index (χ3v) is 3.76. The van der Waals surface area contributed by atoms with Crippen molar-refractivity contribution < 1.29 is 4.79 Å². The fourth-order valence-corrected chi connectivity index (χ4v) is 2.65. The molecule has 0 fully saturated rings. The molecule has 0 saturated carbocycles. The summed E-state index contributed by atoms with van der Waals surface area (Å²) < 4.78 is 0. The summed E-state index contributed by atoms with van der Waals surface area (Å²) in [5.74, 6) is 0.378. The summed E-state index contributed by atoms with van der Waals surface area (Å²) in [5.41, 5.74) is 1.42. The minimum atomic E-state index is 0.104. The highest BCUT2D eigenvalue weighted by Gasteiger charge is 2.38. The Hall–Kier alpha value is -0.850. The Labute approximate surface area is 93.3 Å². The molecule has 0 aromatic rings. The van der Waals surface area contributed by atoms with Gasteiger partial charge in [-0.1, -0.05) is 31.6 Å². The van der Waals surface area contributed by atoms with E-state index in [9.17, 15) is 4.79 Å². The quantitative estimate of drug-likeness (QED) is 0.505. The van der Waals surface area contributed by atoms with Crippen LogP contribution in [0.3, 0.4) is 0 Å². The Balaban J connectivity index is 3.02. The highest BCUT2D eigenvalue weighted by Crippen LogP contribution is 2.44. The van der Waals surface area contributed by atoms with Crippen LogP contribution in [0.1, 0.15) is 47.0 Å². The maximum atomic E-state index is 12.1. The first-order chi connectivity index (χ1) is 7.05. The zero-order chi connectivity index (χ0) is 11.5. The second-order valence-corrected chi connectivity index (χ2v) is 4.83. The van der Waals surface area contributed by atoms with Gasteiger partial charge >= 0.3 is 0 Å². The minimum absolute atomic E-state index is 0.104. The monoisotopic (exact) mass is 206 g/mol. The molecule has 0 spiro atoms. The van der Waals surface area contributed by atoms with Gasteiger partial charge in [-0.3, -0.25) is 4.79 Å². The summed E-state index contributed by atoms with van der Waals surface area (Å²) >= 11 is 0. The summed E-state index contributed by atoms with van der Waals surface area (Å²) in [7, 11) is 0. The average Bonchev–Trinajstić information content (AvgIpc) is 2.18. The largest absolute Gasteiger partial charge is 0.294 e. The molecule has 84 valence electrons. The van der Waals surface area contributed by atoms with E-state index in [4.69, 9.17) is 0 Å². The molecule has 0 aliphatic heterocycles. The van der Waals surface area contributed by atoms with Crippen molar-refractivity contribution in [2.45, 2.75) is 47.0 Å². The molecule has 15 heavy (non-hydrogen) atoms. The van der Waals surface area contributed by atoms with Crippen LogP contribution in [0.5, 0.6) is 0 Å². The molecular formula is C14H22O. The molecule has 1 nitrogen and oxygen atoms in total. The van der Waals surface area contributed by atoms with Gasteiger partial charge in [-0.25, -0.2) is 0 Å². The van der Waals surface area contributed by atoms with Gasteiger partial charge in [-0.2, -0.15) is 0 Å². The van der Waals surface area contributed by atoms with E-state index in [1.54, 1.807) is 6.08 Å². The summed E-state index contributed by atoms with van der Waals surface area (Å²) in [4.78, 5) is 12.1. The van der Waals surface area contributed by atoms with Gasteiger partial charge < -0.3 is 0 Å². The molecule has 0 aromatic heterocycles. The second-order valence-electron chi connectivity index (χ2n) is 4.83. The standard InChI is InChI=1S/C14H22O/c1-5-8-12(15)13-11(3)9-7-10-14(13,4)6-2/h5,8-9,13H,6-7,10H2,1-4H3/b8-5+/t13-,14+/m1/s1. The van der Waals surface area contributed by atoms with E-state index in [0.717, 1.165) is 19.3 Å². The summed E-state index contributed by atoms with van der Waals surface area (Å²) in [6.07, 6.45) is 9.13. The SMILES string of the molecule is C/C=C/C(=O)[C@H]1C(C)=CCC[C@]1(C)CC. The van der Waals surface area contributed by atoms with Crippen LogP contribution >= 0.6 is 0 Å². The summed E-state index contributed by atoms with van der Waals surface area (Å²) in [6, 6.07) is 0. The molecule has 1 rings (SSSR count). The van der Waals surface area contributed by atoms with E-state index in [1.807, 2.05) is 13.0 Å². The van der Waals surface area contributed by atoms with Crippen LogP contribution in [0.25, 0.3) is 0 Å². The van der Waals surface area contributed by atoms with Crippen molar-refractivity contribution in [3.8, 4) is 0 Å². The molecule has 0 unspecified atom stereocenters. The maximum Gasteiger partial charge on any atom is 0.162 e. The molecule has 0 radical (unpaired) electrons. The molecule has 0 saturated heterocycles. The Morgan fingerprint density at radius 2 is 2.33 bits per heavy atom. The minimum Gasteiger partial charge on any atom is -0.294 e. The van der Waals surface area contributed by atoms with E-state index in [0.29, 0.717) is 0 Å². The van der Waals surface area contributed by atoms with Crippen molar-refractivity contribution in [2.75, 3.05) is 0 Å². The first-order valence-corrected chi connectivity index (χ1v) is 5.88. The van der Waals surface area contributed by atoms with Crippen molar-refractivity contribution in [1.29, 1.82) is 0 Å². The zero-order valence-electron chi connectivity index (χ0n) is 10.3. The number of carbonyl (C=O) groups is 1. The predicted molar refractivity (Wildman–Crippen MR) is 64.7 cm³/mol. The first kappa shape index (κ1) is 12.2. The third kappa shape index (κ3) is 2.39. The van der Waals surface area contributed by atoms with E-state index in [2.05, 4.69) is 26.8 Å². The molecule has 1 aliphatic rings. The number of hydrogen-bond acceptors (Lipinski definition) is 1. The fraction of sp³-hybridized carbons (Fsp3) is 0.643. The van der Waals surface area contributed by atoms with Crippen LogP contribution in [0.2, 0.25) is 0 Å². The Morgan fingerprint density at radius 3 is 2.87 bits per heavy atom. The topological polar surface area (TPSA) is 17.1 Å². The molecule has 2 atom stereocenters. The van der Waals surface area contributed by atoms with Gasteiger partial charge in [0.1, 0.15) is 0 Å². The average molecular weight is 206 g/mol. The van der Waals surface area contributed by atoms with Crippen LogP contribution in [-0.4, -0.2) is 5.78 Å². The lowest BCUT2D eigenvalue weighted by molar-refractivity contribution is -0.120. The number of allylic oxidation sites excluding steroid dienone is 4. The van der Waals surface area contributed by atoms with Gasteiger partial charge in [0.2, 0.25) is 0 Å². The molecule has 0 amide bonds. The molecule has 0 heterocycles.